The molecule has 2 atom stereocenters. The van der Waals surface area contributed by atoms with Gasteiger partial charge in [0.2, 0.25) is 0 Å². The van der Waals surface area contributed by atoms with Crippen molar-refractivity contribution in [2.45, 2.75) is 38.5 Å². The third kappa shape index (κ3) is 6.72. The Labute approximate surface area is 195 Å². The number of carbonyl (C=O) groups is 1. The zero-order chi connectivity index (χ0) is 23.6. The lowest BCUT2D eigenvalue weighted by Gasteiger charge is -2.23. The van der Waals surface area contributed by atoms with Crippen molar-refractivity contribution >= 4 is 5.91 Å². The van der Waals surface area contributed by atoms with Gasteiger partial charge in [0.25, 0.3) is 5.91 Å². The SMILES string of the molecule is CCC(NCCc1ccc(C(=O)N(C)Cc2cncc(C#N)c2)cc1)C(O)c1ccccc1. The Morgan fingerprint density at radius 3 is 2.52 bits per heavy atom. The molecule has 0 aliphatic rings. The molecule has 2 unspecified atom stereocenters. The van der Waals surface area contributed by atoms with E-state index in [0.717, 1.165) is 36.1 Å². The second-order valence-corrected chi connectivity index (χ2v) is 8.13. The maximum absolute atomic E-state index is 12.8. The lowest BCUT2D eigenvalue weighted by molar-refractivity contribution is 0.0785. The molecule has 0 aliphatic heterocycles. The van der Waals surface area contributed by atoms with E-state index >= 15 is 0 Å². The Hall–Kier alpha value is -3.53. The zero-order valence-corrected chi connectivity index (χ0v) is 19.1. The van der Waals surface area contributed by atoms with Crippen LogP contribution in [0.3, 0.4) is 0 Å². The smallest absolute Gasteiger partial charge is 0.253 e. The summed E-state index contributed by atoms with van der Waals surface area (Å²) in [5, 5.41) is 23.1. The number of pyridine rings is 1. The Morgan fingerprint density at radius 1 is 1.12 bits per heavy atom. The summed E-state index contributed by atoms with van der Waals surface area (Å²) in [6.07, 6.45) is 4.25. The first-order valence-electron chi connectivity index (χ1n) is 11.2. The van der Waals surface area contributed by atoms with Gasteiger partial charge < -0.3 is 15.3 Å². The summed E-state index contributed by atoms with van der Waals surface area (Å²) in [5.41, 5.74) is 3.95. The van der Waals surface area contributed by atoms with Gasteiger partial charge in [0.1, 0.15) is 6.07 Å². The molecule has 1 aromatic heterocycles. The number of nitrogens with zero attached hydrogens (tertiary/aromatic N) is 3. The van der Waals surface area contributed by atoms with Gasteiger partial charge in [0.15, 0.2) is 0 Å². The highest BCUT2D eigenvalue weighted by Gasteiger charge is 2.18. The number of hydrogen-bond donors (Lipinski definition) is 2. The van der Waals surface area contributed by atoms with Crippen molar-refractivity contribution in [1.29, 1.82) is 5.26 Å². The third-order valence-electron chi connectivity index (χ3n) is 5.67. The van der Waals surface area contributed by atoms with E-state index in [1.165, 1.54) is 6.20 Å². The van der Waals surface area contributed by atoms with Crippen molar-refractivity contribution < 1.29 is 9.90 Å². The van der Waals surface area contributed by atoms with Crippen LogP contribution in [0.4, 0.5) is 0 Å². The van der Waals surface area contributed by atoms with E-state index in [2.05, 4.69) is 23.3 Å². The van der Waals surface area contributed by atoms with E-state index in [-0.39, 0.29) is 11.9 Å². The van der Waals surface area contributed by atoms with Gasteiger partial charge in [-0.25, -0.2) is 0 Å². The summed E-state index contributed by atoms with van der Waals surface area (Å²) in [6.45, 7) is 3.18. The van der Waals surface area contributed by atoms with E-state index in [9.17, 15) is 9.90 Å². The molecule has 0 aliphatic carbocycles. The standard InChI is InChI=1S/C27H30N4O2/c1-3-25(26(32)23-7-5-4-6-8-23)30-14-13-20-9-11-24(12-10-20)27(33)31(2)19-22-15-21(16-28)17-29-18-22/h4-12,15,17-18,25-26,30,32H,3,13-14,19H2,1-2H3. The molecular formula is C27H30N4O2. The maximum Gasteiger partial charge on any atom is 0.253 e. The van der Waals surface area contributed by atoms with E-state index in [0.29, 0.717) is 17.7 Å². The summed E-state index contributed by atoms with van der Waals surface area (Å²) < 4.78 is 0. The van der Waals surface area contributed by atoms with Crippen LogP contribution in [-0.2, 0) is 13.0 Å². The molecule has 3 rings (SSSR count). The minimum atomic E-state index is -0.546. The number of hydrogen-bond acceptors (Lipinski definition) is 5. The number of amides is 1. The van der Waals surface area contributed by atoms with Crippen molar-refractivity contribution in [2.24, 2.45) is 0 Å². The molecule has 6 heteroatoms. The average Bonchev–Trinajstić information content (AvgIpc) is 2.86. The first kappa shape index (κ1) is 24.1. The molecule has 6 nitrogen and oxygen atoms in total. The third-order valence-corrected chi connectivity index (χ3v) is 5.67. The van der Waals surface area contributed by atoms with Crippen LogP contribution >= 0.6 is 0 Å². The summed E-state index contributed by atoms with van der Waals surface area (Å²) in [4.78, 5) is 18.4. The number of aromatic nitrogens is 1. The second-order valence-electron chi connectivity index (χ2n) is 8.13. The second kappa shape index (κ2) is 11.9. The average molecular weight is 443 g/mol. The van der Waals surface area contributed by atoms with Gasteiger partial charge >= 0.3 is 0 Å². The topological polar surface area (TPSA) is 89.3 Å². The van der Waals surface area contributed by atoms with Gasteiger partial charge in [-0.1, -0.05) is 49.4 Å². The molecule has 0 saturated carbocycles. The summed E-state index contributed by atoms with van der Waals surface area (Å²) >= 11 is 0. The predicted octanol–water partition coefficient (Wildman–Crippen LogP) is 3.87. The van der Waals surface area contributed by atoms with Crippen LogP contribution in [0, 0.1) is 11.3 Å². The molecule has 170 valence electrons. The number of aliphatic hydroxyl groups excluding tert-OH is 1. The van der Waals surface area contributed by atoms with Gasteiger partial charge in [0.05, 0.1) is 11.7 Å². The maximum atomic E-state index is 12.8. The van der Waals surface area contributed by atoms with Gasteiger partial charge in [0, 0.05) is 37.6 Å². The Balaban J connectivity index is 1.52. The molecular weight excluding hydrogens is 412 g/mol. The fraction of sp³-hybridized carbons (Fsp3) is 0.296. The molecule has 2 N–H and O–H groups in total. The van der Waals surface area contributed by atoms with Crippen LogP contribution in [0.5, 0.6) is 0 Å². The monoisotopic (exact) mass is 442 g/mol. The highest BCUT2D eigenvalue weighted by atomic mass is 16.3. The van der Waals surface area contributed by atoms with Crippen molar-refractivity contribution in [2.75, 3.05) is 13.6 Å². The van der Waals surface area contributed by atoms with Crippen LogP contribution in [0.1, 0.15) is 52.1 Å². The van der Waals surface area contributed by atoms with Crippen molar-refractivity contribution in [3.05, 3.63) is 101 Å². The normalized spacial score (nSPS) is 12.5. The van der Waals surface area contributed by atoms with Crippen molar-refractivity contribution in [3.8, 4) is 6.07 Å². The van der Waals surface area contributed by atoms with E-state index < -0.39 is 6.10 Å². The van der Waals surface area contributed by atoms with E-state index in [4.69, 9.17) is 5.26 Å². The summed E-state index contributed by atoms with van der Waals surface area (Å²) in [6, 6.07) is 21.1. The molecule has 1 heterocycles. The molecule has 33 heavy (non-hydrogen) atoms. The number of rotatable bonds is 10. The highest BCUT2D eigenvalue weighted by molar-refractivity contribution is 5.94. The number of carbonyl (C=O) groups excluding carboxylic acids is 1. The number of nitriles is 1. The fourth-order valence-electron chi connectivity index (χ4n) is 3.78. The quantitative estimate of drug-likeness (QED) is 0.498. The molecule has 0 saturated heterocycles. The van der Waals surface area contributed by atoms with E-state index in [1.807, 2.05) is 54.6 Å². The molecule has 0 spiro atoms. The summed E-state index contributed by atoms with van der Waals surface area (Å²) in [5.74, 6) is -0.0842. The Bertz CT molecular complexity index is 1080. The van der Waals surface area contributed by atoms with Gasteiger partial charge in [-0.15, -0.1) is 0 Å². The number of benzene rings is 2. The molecule has 2 aromatic carbocycles. The minimum absolute atomic E-state index is 0.0177. The van der Waals surface area contributed by atoms with Gasteiger partial charge in [-0.05, 0) is 54.3 Å². The highest BCUT2D eigenvalue weighted by Crippen LogP contribution is 2.18. The Morgan fingerprint density at radius 2 is 1.85 bits per heavy atom. The van der Waals surface area contributed by atoms with Gasteiger partial charge in [-0.3, -0.25) is 9.78 Å². The van der Waals surface area contributed by atoms with Gasteiger partial charge in [-0.2, -0.15) is 5.26 Å². The lowest BCUT2D eigenvalue weighted by Crippen LogP contribution is -2.35. The van der Waals surface area contributed by atoms with Crippen molar-refractivity contribution in [3.63, 3.8) is 0 Å². The molecule has 3 aromatic rings. The molecule has 1 amide bonds. The molecule has 0 bridgehead atoms. The predicted molar refractivity (Wildman–Crippen MR) is 128 cm³/mol. The number of aliphatic hydroxyl groups is 1. The number of nitrogens with one attached hydrogen (secondary N) is 1. The summed E-state index contributed by atoms with van der Waals surface area (Å²) in [7, 11) is 1.74. The fourth-order valence-corrected chi connectivity index (χ4v) is 3.78. The first-order valence-corrected chi connectivity index (χ1v) is 11.2. The first-order chi connectivity index (χ1) is 16.0. The molecule has 0 radical (unpaired) electrons. The van der Waals surface area contributed by atoms with Crippen LogP contribution < -0.4 is 5.32 Å². The molecule has 0 fully saturated rings. The zero-order valence-electron chi connectivity index (χ0n) is 19.1. The van der Waals surface area contributed by atoms with Crippen LogP contribution in [-0.4, -0.2) is 40.5 Å². The van der Waals surface area contributed by atoms with Crippen molar-refractivity contribution in [1.82, 2.24) is 15.2 Å². The van der Waals surface area contributed by atoms with Crippen LogP contribution in [0.25, 0.3) is 0 Å². The minimum Gasteiger partial charge on any atom is -0.387 e. The Kier molecular flexibility index (Phi) is 8.71. The van der Waals surface area contributed by atoms with E-state index in [1.54, 1.807) is 24.2 Å². The van der Waals surface area contributed by atoms with Crippen LogP contribution in [0.2, 0.25) is 0 Å². The largest absolute Gasteiger partial charge is 0.387 e. The lowest BCUT2D eigenvalue weighted by atomic mass is 10.00. The van der Waals surface area contributed by atoms with Crippen LogP contribution in [0.15, 0.2) is 73.1 Å².